The van der Waals surface area contributed by atoms with E-state index in [9.17, 15) is 0 Å². The summed E-state index contributed by atoms with van der Waals surface area (Å²) in [5.74, 6) is 1.80. The van der Waals surface area contributed by atoms with E-state index in [-0.39, 0.29) is 0 Å². The van der Waals surface area contributed by atoms with Crippen molar-refractivity contribution in [2.24, 2.45) is 0 Å². The van der Waals surface area contributed by atoms with Gasteiger partial charge in [0.2, 0.25) is 0 Å². The highest BCUT2D eigenvalue weighted by Gasteiger charge is 2.24. The predicted molar refractivity (Wildman–Crippen MR) is 199 cm³/mol. The molecule has 48 heavy (non-hydrogen) atoms. The quantitative estimate of drug-likeness (QED) is 0.185. The molecule has 0 spiro atoms. The molecule has 0 saturated carbocycles. The van der Waals surface area contributed by atoms with Gasteiger partial charge in [-0.2, -0.15) is 0 Å². The molecule has 0 saturated heterocycles. The van der Waals surface area contributed by atoms with Crippen LogP contribution in [0, 0.1) is 0 Å². The molecule has 10 aromatic rings. The van der Waals surface area contributed by atoms with Gasteiger partial charge in [-0.05, 0) is 40.8 Å². The van der Waals surface area contributed by atoms with Crippen molar-refractivity contribution in [3.05, 3.63) is 170 Å². The number of hydrogen-bond acceptors (Lipinski definition) is 2. The van der Waals surface area contributed by atoms with Crippen LogP contribution in [0.25, 0.3) is 88.6 Å². The van der Waals surface area contributed by atoms with E-state index >= 15 is 0 Å². The summed E-state index contributed by atoms with van der Waals surface area (Å²) in [5, 5.41) is 5.91. The van der Waals surface area contributed by atoms with Crippen molar-refractivity contribution < 1.29 is 0 Å². The zero-order valence-electron chi connectivity index (χ0n) is 26.0. The minimum atomic E-state index is 0.889. The first-order valence-electron chi connectivity index (χ1n) is 16.3. The maximum Gasteiger partial charge on any atom is 0.145 e. The zero-order valence-corrected chi connectivity index (χ0v) is 26.0. The van der Waals surface area contributed by atoms with Gasteiger partial charge in [-0.15, -0.1) is 0 Å². The van der Waals surface area contributed by atoms with Crippen molar-refractivity contribution in [3.8, 4) is 39.6 Å². The van der Waals surface area contributed by atoms with Gasteiger partial charge >= 0.3 is 0 Å². The van der Waals surface area contributed by atoms with Crippen LogP contribution < -0.4 is 0 Å². The average Bonchev–Trinajstić information content (AvgIpc) is 3.73. The minimum Gasteiger partial charge on any atom is -0.293 e. The number of para-hydroxylation sites is 2. The first kappa shape index (κ1) is 26.7. The van der Waals surface area contributed by atoms with Crippen molar-refractivity contribution in [1.29, 1.82) is 0 Å². The largest absolute Gasteiger partial charge is 0.293 e. The summed E-state index contributed by atoms with van der Waals surface area (Å²) in [6.07, 6.45) is 1.87. The van der Waals surface area contributed by atoms with Gasteiger partial charge in [-0.3, -0.25) is 8.97 Å². The normalized spacial score (nSPS) is 11.8. The Bertz CT molecular complexity index is 2800. The third-order valence-electron chi connectivity index (χ3n) is 9.56. The van der Waals surface area contributed by atoms with E-state index < -0.39 is 0 Å². The van der Waals surface area contributed by atoms with Crippen LogP contribution in [0.2, 0.25) is 0 Å². The molecule has 0 fully saturated rings. The molecule has 0 aliphatic rings. The molecule has 0 aliphatic heterocycles. The molecule has 4 aromatic heterocycles. The summed E-state index contributed by atoms with van der Waals surface area (Å²) in [7, 11) is 0. The Morgan fingerprint density at radius 2 is 0.979 bits per heavy atom. The fourth-order valence-electron chi connectivity index (χ4n) is 7.46. The van der Waals surface area contributed by atoms with Crippen LogP contribution in [0.1, 0.15) is 0 Å². The monoisotopic (exact) mass is 612 g/mol. The molecule has 0 aliphatic carbocycles. The SMILES string of the molecule is c1ccc(-c2ccc(-c3nc(-c4ccccc4)c4c5c(ccc6c7ccccc7n(-c7ccccn7)c65)c5ccccc5n34)cc2)cc1. The fourth-order valence-corrected chi connectivity index (χ4v) is 7.46. The number of imidazole rings is 1. The first-order valence-corrected chi connectivity index (χ1v) is 16.3. The Morgan fingerprint density at radius 1 is 0.396 bits per heavy atom. The highest BCUT2D eigenvalue weighted by atomic mass is 15.1. The Labute approximate surface area is 276 Å². The smallest absolute Gasteiger partial charge is 0.145 e. The van der Waals surface area contributed by atoms with Gasteiger partial charge in [-0.1, -0.05) is 140 Å². The molecule has 0 atom stereocenters. The third-order valence-corrected chi connectivity index (χ3v) is 9.56. The van der Waals surface area contributed by atoms with E-state index in [0.29, 0.717) is 0 Å². The Morgan fingerprint density at radius 3 is 1.71 bits per heavy atom. The number of pyridine rings is 2. The minimum absolute atomic E-state index is 0.889. The average molecular weight is 613 g/mol. The van der Waals surface area contributed by atoms with Crippen LogP contribution >= 0.6 is 0 Å². The molecule has 4 heterocycles. The maximum atomic E-state index is 5.53. The van der Waals surface area contributed by atoms with Gasteiger partial charge in [0.15, 0.2) is 0 Å². The second-order valence-corrected chi connectivity index (χ2v) is 12.2. The Kier molecular flexibility index (Phi) is 5.84. The van der Waals surface area contributed by atoms with Crippen molar-refractivity contribution in [1.82, 2.24) is 18.9 Å². The van der Waals surface area contributed by atoms with E-state index in [2.05, 4.69) is 167 Å². The van der Waals surface area contributed by atoms with E-state index in [0.717, 1.165) is 55.9 Å². The predicted octanol–water partition coefficient (Wildman–Crippen LogP) is 11.1. The third kappa shape index (κ3) is 3.90. The molecule has 0 bridgehead atoms. The van der Waals surface area contributed by atoms with Crippen LogP contribution in [0.3, 0.4) is 0 Å². The van der Waals surface area contributed by atoms with E-state index in [4.69, 9.17) is 9.97 Å². The maximum absolute atomic E-state index is 5.53. The van der Waals surface area contributed by atoms with Crippen molar-refractivity contribution in [3.63, 3.8) is 0 Å². The van der Waals surface area contributed by atoms with Crippen molar-refractivity contribution >= 4 is 49.0 Å². The summed E-state index contributed by atoms with van der Waals surface area (Å²) < 4.78 is 4.72. The lowest BCUT2D eigenvalue weighted by Gasteiger charge is -2.15. The number of fused-ring (bicyclic) bond motifs is 10. The molecule has 4 heteroatoms. The van der Waals surface area contributed by atoms with Crippen LogP contribution in [-0.4, -0.2) is 18.9 Å². The zero-order chi connectivity index (χ0) is 31.6. The van der Waals surface area contributed by atoms with E-state index in [1.807, 2.05) is 12.3 Å². The summed E-state index contributed by atoms with van der Waals surface area (Å²) >= 11 is 0. The summed E-state index contributed by atoms with van der Waals surface area (Å²) in [6, 6.07) is 58.0. The molecule has 0 amide bonds. The summed E-state index contributed by atoms with van der Waals surface area (Å²) in [6.45, 7) is 0. The Hall–Kier alpha value is -6.52. The fraction of sp³-hybridized carbons (Fsp3) is 0. The van der Waals surface area contributed by atoms with Gasteiger partial charge in [-0.25, -0.2) is 9.97 Å². The molecule has 6 aromatic carbocycles. The second-order valence-electron chi connectivity index (χ2n) is 12.2. The van der Waals surface area contributed by atoms with E-state index in [1.165, 1.54) is 32.7 Å². The van der Waals surface area contributed by atoms with Crippen LogP contribution in [0.15, 0.2) is 170 Å². The molecular weight excluding hydrogens is 585 g/mol. The lowest BCUT2D eigenvalue weighted by Crippen LogP contribution is -1.99. The molecule has 0 radical (unpaired) electrons. The highest BCUT2D eigenvalue weighted by molar-refractivity contribution is 6.28. The number of benzene rings is 6. The van der Waals surface area contributed by atoms with Crippen molar-refractivity contribution in [2.75, 3.05) is 0 Å². The molecule has 4 nitrogen and oxygen atoms in total. The number of aromatic nitrogens is 4. The van der Waals surface area contributed by atoms with Gasteiger partial charge in [0.1, 0.15) is 11.6 Å². The van der Waals surface area contributed by atoms with Crippen LogP contribution in [0.4, 0.5) is 0 Å². The summed E-state index contributed by atoms with van der Waals surface area (Å²) in [4.78, 5) is 10.4. The molecule has 10 rings (SSSR count). The first-order chi connectivity index (χ1) is 23.8. The van der Waals surface area contributed by atoms with Gasteiger partial charge in [0.05, 0.1) is 27.8 Å². The van der Waals surface area contributed by atoms with Gasteiger partial charge < -0.3 is 0 Å². The topological polar surface area (TPSA) is 35.1 Å². The van der Waals surface area contributed by atoms with Gasteiger partial charge in [0.25, 0.3) is 0 Å². The van der Waals surface area contributed by atoms with Crippen molar-refractivity contribution in [2.45, 2.75) is 0 Å². The second kappa shape index (κ2) is 10.5. The molecule has 0 N–H and O–H groups in total. The van der Waals surface area contributed by atoms with Gasteiger partial charge in [0, 0.05) is 38.9 Å². The lowest BCUT2D eigenvalue weighted by molar-refractivity contribution is 1.08. The van der Waals surface area contributed by atoms with Crippen LogP contribution in [0.5, 0.6) is 0 Å². The lowest BCUT2D eigenvalue weighted by atomic mass is 9.99. The Balaban J connectivity index is 1.42. The molecular formula is C44H28N4. The van der Waals surface area contributed by atoms with E-state index in [1.54, 1.807) is 0 Å². The number of rotatable bonds is 4. The molecule has 224 valence electrons. The number of hydrogen-bond donors (Lipinski definition) is 0. The number of nitrogens with zero attached hydrogens (tertiary/aromatic N) is 4. The highest BCUT2D eigenvalue weighted by Crippen LogP contribution is 2.44. The summed E-state index contributed by atoms with van der Waals surface area (Å²) in [5.41, 5.74) is 9.94. The molecule has 0 unspecified atom stereocenters. The standard InChI is InChI=1S/C44H28N4/c1-3-13-29(14-4-1)30-22-24-32(25-23-30)44-46-41(31-15-5-2-6-16-31)43-40-35(33-17-7-10-20-38(33)48(43)44)26-27-36-34-18-8-9-19-37(34)47(42(36)40)39-21-11-12-28-45-39/h1-28H. The van der Waals surface area contributed by atoms with Crippen LogP contribution in [-0.2, 0) is 0 Å².